The summed E-state index contributed by atoms with van der Waals surface area (Å²) >= 11 is 0. The molecule has 11 rings (SSSR count). The minimum atomic E-state index is -2.34. The summed E-state index contributed by atoms with van der Waals surface area (Å²) in [6.45, 7) is 0. The topological polar surface area (TPSA) is 309 Å². The van der Waals surface area contributed by atoms with Gasteiger partial charge in [0, 0.05) is 69.6 Å². The van der Waals surface area contributed by atoms with Crippen LogP contribution in [-0.4, -0.2) is 84.7 Å². The van der Waals surface area contributed by atoms with Crippen molar-refractivity contribution in [1.82, 2.24) is 0 Å². The van der Waals surface area contributed by atoms with Crippen LogP contribution in [0, 0.1) is 0 Å². The first-order chi connectivity index (χ1) is 30.0. The van der Waals surface area contributed by atoms with Crippen LogP contribution in [0.1, 0.15) is 62.4 Å². The Kier molecular flexibility index (Phi) is 7.65. The maximum absolute atomic E-state index is 12.8. The van der Waals surface area contributed by atoms with Gasteiger partial charge in [-0.05, 0) is 54.1 Å². The molecule has 5 aliphatic rings. The normalized spacial score (nSPS) is 26.7. The van der Waals surface area contributed by atoms with Crippen LogP contribution in [0.3, 0.4) is 0 Å². The van der Waals surface area contributed by atoms with Crippen molar-refractivity contribution in [3.8, 4) is 86.2 Å². The summed E-state index contributed by atoms with van der Waals surface area (Å²) in [6.07, 6.45) is -6.53. The number of aromatic hydroxyl groups is 10. The van der Waals surface area contributed by atoms with E-state index in [1.165, 1.54) is 42.5 Å². The van der Waals surface area contributed by atoms with Crippen molar-refractivity contribution < 1.29 is 90.1 Å². The minimum Gasteiger partial charge on any atom is -0.508 e. The number of aliphatic hydroxyl groups is 3. The van der Waals surface area contributed by atoms with Crippen molar-refractivity contribution in [2.45, 2.75) is 54.2 Å². The fourth-order valence-electron chi connectivity index (χ4n) is 9.69. The third-order valence-corrected chi connectivity index (χ3v) is 12.6. The number of rotatable bonds is 3. The van der Waals surface area contributed by atoms with E-state index in [-0.39, 0.29) is 79.7 Å². The highest BCUT2D eigenvalue weighted by molar-refractivity contribution is 5.73. The van der Waals surface area contributed by atoms with Gasteiger partial charge in [-0.2, -0.15) is 0 Å². The molecule has 8 atom stereocenters. The number of hydrogen-bond donors (Lipinski definition) is 13. The number of ether oxygens (including phenoxy) is 5. The van der Waals surface area contributed by atoms with Gasteiger partial charge in [0.1, 0.15) is 70.1 Å². The van der Waals surface area contributed by atoms with E-state index in [0.29, 0.717) is 0 Å². The molecule has 18 heteroatoms. The molecule has 0 saturated carbocycles. The number of hydrogen-bond acceptors (Lipinski definition) is 18. The molecule has 0 amide bonds. The molecule has 63 heavy (non-hydrogen) atoms. The van der Waals surface area contributed by atoms with Crippen LogP contribution < -0.4 is 23.7 Å². The van der Waals surface area contributed by atoms with Gasteiger partial charge in [0.05, 0.1) is 17.9 Å². The first-order valence-electron chi connectivity index (χ1n) is 19.4. The van der Waals surface area contributed by atoms with Crippen molar-refractivity contribution in [3.05, 3.63) is 123 Å². The fraction of sp³-hybridized carbons (Fsp3) is 0.200. The largest absolute Gasteiger partial charge is 0.508 e. The lowest BCUT2D eigenvalue weighted by Gasteiger charge is -2.52. The van der Waals surface area contributed by atoms with Gasteiger partial charge in [-0.15, -0.1) is 0 Å². The lowest BCUT2D eigenvalue weighted by molar-refractivity contribution is -0.223. The molecule has 4 bridgehead atoms. The van der Waals surface area contributed by atoms with E-state index < -0.39 is 105 Å². The monoisotopic (exact) mass is 862 g/mol. The molecule has 6 aromatic rings. The Balaban J connectivity index is 1.18. The summed E-state index contributed by atoms with van der Waals surface area (Å²) in [4.78, 5) is 0. The fourth-order valence-corrected chi connectivity index (χ4v) is 9.69. The Morgan fingerprint density at radius 3 is 1.48 bits per heavy atom. The van der Waals surface area contributed by atoms with Gasteiger partial charge in [-0.1, -0.05) is 6.07 Å². The van der Waals surface area contributed by atoms with Crippen molar-refractivity contribution in [1.29, 1.82) is 0 Å². The molecule has 0 fully saturated rings. The van der Waals surface area contributed by atoms with Crippen LogP contribution in [-0.2, 0) is 18.0 Å². The maximum Gasteiger partial charge on any atom is 0.305 e. The SMILES string of the molecule is Oc1cc(O)c2c(c1)OC1(c3ccc(O)c(O)c3)Oc3cc4c(c(O)c3C2C1O)C1c2c(cc(O)c3c2OC(c2ccc(O)c(O)c2)C(O)C3)OC(c2ccc(O)c(O)c2)(O4)C1O. The minimum absolute atomic E-state index is 0.0277. The van der Waals surface area contributed by atoms with E-state index in [2.05, 4.69) is 0 Å². The van der Waals surface area contributed by atoms with E-state index in [9.17, 15) is 66.4 Å². The molecule has 13 N–H and O–H groups in total. The van der Waals surface area contributed by atoms with E-state index >= 15 is 0 Å². The Bertz CT molecular complexity index is 2990. The van der Waals surface area contributed by atoms with Gasteiger partial charge in [0.2, 0.25) is 0 Å². The van der Waals surface area contributed by atoms with Gasteiger partial charge in [-0.3, -0.25) is 0 Å². The standard InChI is InChI=1S/C45H34O18/c46-18-10-27(54)33-29(11-18)60-44(16-2-5-21(48)25(52)8-16)42(57)37(33)34-31(62-44)14-32-35(39(34)56)38-36-30(61-45(63-32,43(38)58)17-3-6-22(49)26(53)9-17)13-23(50)19-12-28(55)40(59-41(19)36)15-1-4-20(47)24(51)7-15/h1-11,13-14,28,37-38,40,42-43,46-58H,12H2. The predicted molar refractivity (Wildman–Crippen MR) is 210 cm³/mol. The van der Waals surface area contributed by atoms with Crippen molar-refractivity contribution in [3.63, 3.8) is 0 Å². The highest BCUT2D eigenvalue weighted by atomic mass is 16.7. The van der Waals surface area contributed by atoms with Crippen LogP contribution in [0.15, 0.2) is 78.9 Å². The highest BCUT2D eigenvalue weighted by Crippen LogP contribution is 2.67. The molecule has 8 unspecified atom stereocenters. The molecular formula is C45H34O18. The lowest BCUT2D eigenvalue weighted by atomic mass is 9.70. The quantitative estimate of drug-likeness (QED) is 0.112. The van der Waals surface area contributed by atoms with Gasteiger partial charge >= 0.3 is 11.6 Å². The summed E-state index contributed by atoms with van der Waals surface area (Å²) < 4.78 is 32.3. The zero-order valence-electron chi connectivity index (χ0n) is 32.0. The van der Waals surface area contributed by atoms with Crippen LogP contribution in [0.4, 0.5) is 0 Å². The second-order valence-electron chi connectivity index (χ2n) is 16.1. The second kappa shape index (κ2) is 12.6. The molecule has 5 heterocycles. The molecule has 0 saturated heterocycles. The average Bonchev–Trinajstić information content (AvgIpc) is 3.22. The van der Waals surface area contributed by atoms with Gasteiger partial charge in [0.25, 0.3) is 0 Å². The smallest absolute Gasteiger partial charge is 0.305 e. The van der Waals surface area contributed by atoms with Crippen LogP contribution in [0.2, 0.25) is 0 Å². The van der Waals surface area contributed by atoms with E-state index in [4.69, 9.17) is 23.7 Å². The molecule has 6 aromatic carbocycles. The Morgan fingerprint density at radius 2 is 0.937 bits per heavy atom. The van der Waals surface area contributed by atoms with Crippen LogP contribution in [0.25, 0.3) is 0 Å². The third kappa shape index (κ3) is 5.04. The van der Waals surface area contributed by atoms with E-state index in [1.54, 1.807) is 0 Å². The highest BCUT2D eigenvalue weighted by Gasteiger charge is 2.64. The second-order valence-corrected chi connectivity index (χ2v) is 16.1. The molecule has 322 valence electrons. The predicted octanol–water partition coefficient (Wildman–Crippen LogP) is 4.04. The van der Waals surface area contributed by atoms with Gasteiger partial charge < -0.3 is 90.1 Å². The van der Waals surface area contributed by atoms with E-state index in [1.807, 2.05) is 0 Å². The molecule has 0 aliphatic carbocycles. The summed E-state index contributed by atoms with van der Waals surface area (Å²) in [5.41, 5.74) is -0.196. The number of aliphatic hydroxyl groups excluding tert-OH is 3. The number of fused-ring (bicyclic) bond motifs is 14. The number of phenols is 10. The average molecular weight is 863 g/mol. The molecule has 18 nitrogen and oxygen atoms in total. The first kappa shape index (κ1) is 38.1. The summed E-state index contributed by atoms with van der Waals surface area (Å²) in [5, 5.41) is 145. The molecule has 0 spiro atoms. The van der Waals surface area contributed by atoms with Gasteiger partial charge in [-0.25, -0.2) is 0 Å². The van der Waals surface area contributed by atoms with Gasteiger partial charge in [0.15, 0.2) is 34.5 Å². The molecule has 0 radical (unpaired) electrons. The number of benzene rings is 6. The summed E-state index contributed by atoms with van der Waals surface area (Å²) in [6, 6.07) is 15.4. The molecular weight excluding hydrogens is 828 g/mol. The number of phenolic OH excluding ortho intramolecular Hbond substituents is 10. The van der Waals surface area contributed by atoms with Crippen molar-refractivity contribution >= 4 is 0 Å². The molecule has 5 aliphatic heterocycles. The van der Waals surface area contributed by atoms with Crippen molar-refractivity contribution in [2.75, 3.05) is 0 Å². The van der Waals surface area contributed by atoms with Crippen molar-refractivity contribution in [2.24, 2.45) is 0 Å². The van der Waals surface area contributed by atoms with E-state index in [0.717, 1.165) is 36.4 Å². The maximum atomic E-state index is 12.8. The third-order valence-electron chi connectivity index (χ3n) is 12.6. The molecule has 0 aromatic heterocycles. The first-order valence-corrected chi connectivity index (χ1v) is 19.4. The lowest BCUT2D eigenvalue weighted by Crippen LogP contribution is -2.59. The zero-order valence-corrected chi connectivity index (χ0v) is 32.0. The Hall–Kier alpha value is -7.80. The zero-order chi connectivity index (χ0) is 44.2. The Morgan fingerprint density at radius 1 is 0.444 bits per heavy atom. The Labute approximate surface area is 353 Å². The van der Waals surface area contributed by atoms with Crippen LogP contribution in [0.5, 0.6) is 86.2 Å². The van der Waals surface area contributed by atoms with Crippen LogP contribution >= 0.6 is 0 Å². The summed E-state index contributed by atoms with van der Waals surface area (Å²) in [7, 11) is 0. The summed E-state index contributed by atoms with van der Waals surface area (Å²) in [5.74, 6) is -13.7.